The number of halogens is 1. The molecule has 0 saturated carbocycles. The second-order valence-electron chi connectivity index (χ2n) is 4.42. The summed E-state index contributed by atoms with van der Waals surface area (Å²) in [5.41, 5.74) is 1.16. The highest BCUT2D eigenvalue weighted by atomic mass is 79.9. The van der Waals surface area contributed by atoms with Crippen LogP contribution in [-0.4, -0.2) is 28.0 Å². The third kappa shape index (κ3) is 4.39. The van der Waals surface area contributed by atoms with Crippen molar-refractivity contribution in [1.29, 1.82) is 0 Å². The Labute approximate surface area is 130 Å². The number of aromatic nitrogens is 1. The van der Waals surface area contributed by atoms with Gasteiger partial charge in [0.05, 0.1) is 5.56 Å². The van der Waals surface area contributed by atoms with Crippen LogP contribution in [0.2, 0.25) is 0 Å². The fourth-order valence-corrected chi connectivity index (χ4v) is 2.04. The SMILES string of the molecule is O=C(N[C@H](Cc1ccccc1)C(=O)O)c1ccc(Br)nc1. The molecule has 1 amide bonds. The van der Waals surface area contributed by atoms with Gasteiger partial charge in [0, 0.05) is 12.6 Å². The third-order valence-electron chi connectivity index (χ3n) is 2.88. The van der Waals surface area contributed by atoms with Crippen LogP contribution in [0.3, 0.4) is 0 Å². The molecule has 0 spiro atoms. The average Bonchev–Trinajstić information content (AvgIpc) is 2.48. The molecule has 0 radical (unpaired) electrons. The minimum Gasteiger partial charge on any atom is -0.480 e. The second kappa shape index (κ2) is 6.99. The molecule has 0 fully saturated rings. The lowest BCUT2D eigenvalue weighted by atomic mass is 10.1. The number of hydrogen-bond donors (Lipinski definition) is 2. The van der Waals surface area contributed by atoms with Crippen LogP contribution in [0.1, 0.15) is 15.9 Å². The maximum Gasteiger partial charge on any atom is 0.326 e. The summed E-state index contributed by atoms with van der Waals surface area (Å²) in [7, 11) is 0. The molecule has 1 aromatic carbocycles. The summed E-state index contributed by atoms with van der Waals surface area (Å²) in [6.07, 6.45) is 1.62. The highest BCUT2D eigenvalue weighted by molar-refractivity contribution is 9.10. The van der Waals surface area contributed by atoms with Gasteiger partial charge in [0.25, 0.3) is 5.91 Å². The largest absolute Gasteiger partial charge is 0.480 e. The number of rotatable bonds is 5. The molecule has 0 unspecified atom stereocenters. The highest BCUT2D eigenvalue weighted by Crippen LogP contribution is 2.08. The van der Waals surface area contributed by atoms with Crippen molar-refractivity contribution in [1.82, 2.24) is 10.3 Å². The van der Waals surface area contributed by atoms with Crippen molar-refractivity contribution in [3.05, 3.63) is 64.4 Å². The van der Waals surface area contributed by atoms with Crippen LogP contribution in [0.4, 0.5) is 0 Å². The van der Waals surface area contributed by atoms with Crippen LogP contribution in [0.5, 0.6) is 0 Å². The van der Waals surface area contributed by atoms with Crippen molar-refractivity contribution in [2.45, 2.75) is 12.5 Å². The highest BCUT2D eigenvalue weighted by Gasteiger charge is 2.21. The van der Waals surface area contributed by atoms with E-state index < -0.39 is 17.9 Å². The first kappa shape index (κ1) is 15.2. The lowest BCUT2D eigenvalue weighted by Crippen LogP contribution is -2.42. The Hall–Kier alpha value is -2.21. The molecule has 108 valence electrons. The number of aliphatic carboxylic acids is 1. The lowest BCUT2D eigenvalue weighted by Gasteiger charge is -2.14. The molecule has 0 saturated heterocycles. The average molecular weight is 349 g/mol. The van der Waals surface area contributed by atoms with Crippen LogP contribution in [0.25, 0.3) is 0 Å². The second-order valence-corrected chi connectivity index (χ2v) is 5.24. The van der Waals surface area contributed by atoms with Gasteiger partial charge in [-0.05, 0) is 33.6 Å². The van der Waals surface area contributed by atoms with Crippen molar-refractivity contribution < 1.29 is 14.7 Å². The Morgan fingerprint density at radius 3 is 2.48 bits per heavy atom. The fourth-order valence-electron chi connectivity index (χ4n) is 1.80. The number of pyridine rings is 1. The van der Waals surface area contributed by atoms with Gasteiger partial charge in [-0.15, -0.1) is 0 Å². The first-order valence-electron chi connectivity index (χ1n) is 6.25. The molecule has 21 heavy (non-hydrogen) atoms. The number of benzene rings is 1. The smallest absolute Gasteiger partial charge is 0.326 e. The molecule has 5 nitrogen and oxygen atoms in total. The van der Waals surface area contributed by atoms with Gasteiger partial charge >= 0.3 is 5.97 Å². The summed E-state index contributed by atoms with van der Waals surface area (Å²) in [6, 6.07) is 11.4. The van der Waals surface area contributed by atoms with E-state index in [2.05, 4.69) is 26.2 Å². The topological polar surface area (TPSA) is 79.3 Å². The summed E-state index contributed by atoms with van der Waals surface area (Å²) in [5, 5.41) is 11.7. The zero-order valence-corrected chi connectivity index (χ0v) is 12.6. The van der Waals surface area contributed by atoms with Crippen molar-refractivity contribution in [2.75, 3.05) is 0 Å². The normalized spacial score (nSPS) is 11.7. The zero-order chi connectivity index (χ0) is 15.2. The predicted molar refractivity (Wildman–Crippen MR) is 81.0 cm³/mol. The number of hydrogen-bond acceptors (Lipinski definition) is 3. The molecule has 2 rings (SSSR count). The third-order valence-corrected chi connectivity index (χ3v) is 3.34. The minimum atomic E-state index is -1.07. The van der Waals surface area contributed by atoms with Crippen molar-refractivity contribution in [2.24, 2.45) is 0 Å². The molecule has 1 heterocycles. The Morgan fingerprint density at radius 1 is 1.19 bits per heavy atom. The van der Waals surface area contributed by atoms with Gasteiger partial charge < -0.3 is 10.4 Å². The number of carboxylic acid groups (broad SMARTS) is 1. The van der Waals surface area contributed by atoms with Gasteiger partial charge in [0.15, 0.2) is 0 Å². The van der Waals surface area contributed by atoms with Crippen molar-refractivity contribution in [3.8, 4) is 0 Å². The van der Waals surface area contributed by atoms with Gasteiger partial charge in [0.2, 0.25) is 0 Å². The zero-order valence-electron chi connectivity index (χ0n) is 11.0. The number of nitrogens with one attached hydrogen (secondary N) is 1. The predicted octanol–water partition coefficient (Wildman–Crippen LogP) is 2.27. The Kier molecular flexibility index (Phi) is 5.05. The van der Waals surface area contributed by atoms with E-state index in [9.17, 15) is 14.7 Å². The van der Waals surface area contributed by atoms with Crippen molar-refractivity contribution in [3.63, 3.8) is 0 Å². The van der Waals surface area contributed by atoms with E-state index in [0.29, 0.717) is 10.2 Å². The van der Waals surface area contributed by atoms with E-state index >= 15 is 0 Å². The summed E-state index contributed by atoms with van der Waals surface area (Å²) >= 11 is 3.18. The maximum absolute atomic E-state index is 12.0. The Bertz CT molecular complexity index is 629. The van der Waals surface area contributed by atoms with E-state index in [-0.39, 0.29) is 6.42 Å². The standard InChI is InChI=1S/C15H13BrN2O3/c16-13-7-6-11(9-17-13)14(19)18-12(15(20)21)8-10-4-2-1-3-5-10/h1-7,9,12H,8H2,(H,18,19)(H,20,21)/t12-/m1/s1. The first-order chi connectivity index (χ1) is 10.1. The van der Waals surface area contributed by atoms with E-state index in [4.69, 9.17) is 0 Å². The van der Waals surface area contributed by atoms with Crippen LogP contribution in [0, 0.1) is 0 Å². The molecule has 1 atom stereocenters. The lowest BCUT2D eigenvalue weighted by molar-refractivity contribution is -0.139. The van der Waals surface area contributed by atoms with Crippen LogP contribution < -0.4 is 5.32 Å². The number of carboxylic acids is 1. The van der Waals surface area contributed by atoms with Gasteiger partial charge in [-0.3, -0.25) is 4.79 Å². The van der Waals surface area contributed by atoms with Crippen LogP contribution in [0.15, 0.2) is 53.3 Å². The molecule has 6 heteroatoms. The molecular formula is C15H13BrN2O3. The van der Waals surface area contributed by atoms with E-state index in [1.54, 1.807) is 12.1 Å². The molecule has 2 aromatic rings. The molecule has 2 N–H and O–H groups in total. The van der Waals surface area contributed by atoms with E-state index in [0.717, 1.165) is 5.56 Å². The molecule has 0 aliphatic heterocycles. The van der Waals surface area contributed by atoms with Crippen LogP contribution >= 0.6 is 15.9 Å². The molecule has 1 aromatic heterocycles. The molecule has 0 bridgehead atoms. The van der Waals surface area contributed by atoms with Gasteiger partial charge in [-0.25, -0.2) is 9.78 Å². The number of nitrogens with zero attached hydrogens (tertiary/aromatic N) is 1. The molecule has 0 aliphatic carbocycles. The van der Waals surface area contributed by atoms with E-state index in [1.807, 2.05) is 30.3 Å². The van der Waals surface area contributed by atoms with Crippen molar-refractivity contribution >= 4 is 27.8 Å². The quantitative estimate of drug-likeness (QED) is 0.812. The molecule has 0 aliphatic rings. The maximum atomic E-state index is 12.0. The minimum absolute atomic E-state index is 0.228. The fraction of sp³-hybridized carbons (Fsp3) is 0.133. The van der Waals surface area contributed by atoms with Gasteiger partial charge in [0.1, 0.15) is 10.6 Å². The molecular weight excluding hydrogens is 336 g/mol. The summed E-state index contributed by atoms with van der Waals surface area (Å²) < 4.78 is 0.609. The van der Waals surface area contributed by atoms with E-state index in [1.165, 1.54) is 6.20 Å². The Morgan fingerprint density at radius 2 is 1.90 bits per heavy atom. The number of carbonyl (C=O) groups excluding carboxylic acids is 1. The summed E-state index contributed by atoms with van der Waals surface area (Å²) in [5.74, 6) is -1.53. The monoisotopic (exact) mass is 348 g/mol. The van der Waals surface area contributed by atoms with Gasteiger partial charge in [-0.1, -0.05) is 30.3 Å². The first-order valence-corrected chi connectivity index (χ1v) is 7.04. The summed E-state index contributed by atoms with van der Waals surface area (Å²) in [6.45, 7) is 0. The summed E-state index contributed by atoms with van der Waals surface area (Å²) in [4.78, 5) is 27.3. The van der Waals surface area contributed by atoms with Crippen LogP contribution in [-0.2, 0) is 11.2 Å². The number of carbonyl (C=O) groups is 2. The Balaban J connectivity index is 2.07. The number of amides is 1. The van der Waals surface area contributed by atoms with Gasteiger partial charge in [-0.2, -0.15) is 0 Å².